The molecule has 0 saturated carbocycles. The molecule has 1 N–H and O–H groups in total. The number of carboxylic acid groups (broad SMARTS) is 1. The minimum Gasteiger partial charge on any atom is -0.477 e. The summed E-state index contributed by atoms with van der Waals surface area (Å²) >= 11 is 0. The van der Waals surface area contributed by atoms with E-state index in [1.807, 2.05) is 0 Å². The van der Waals surface area contributed by atoms with Crippen LogP contribution in [0.15, 0.2) is 18.2 Å². The molecule has 0 aliphatic carbocycles. The van der Waals surface area contributed by atoms with Crippen LogP contribution in [-0.4, -0.2) is 40.2 Å². The maximum absolute atomic E-state index is 11.4. The fourth-order valence-corrected chi connectivity index (χ4v) is 1.62. The normalized spacial score (nSPS) is 15.5. The van der Waals surface area contributed by atoms with Crippen LogP contribution in [-0.2, 0) is 11.3 Å². The van der Waals surface area contributed by atoms with Gasteiger partial charge in [0.1, 0.15) is 5.69 Å². The monoisotopic (exact) mass is 236 g/mol. The van der Waals surface area contributed by atoms with E-state index in [-0.39, 0.29) is 18.3 Å². The lowest BCUT2D eigenvalue weighted by Crippen LogP contribution is -2.37. The van der Waals surface area contributed by atoms with E-state index in [1.54, 1.807) is 12.1 Å². The third-order valence-electron chi connectivity index (χ3n) is 2.43. The molecule has 1 aromatic heterocycles. The van der Waals surface area contributed by atoms with Crippen LogP contribution in [0, 0.1) is 0 Å². The van der Waals surface area contributed by atoms with Crippen LogP contribution in [0.1, 0.15) is 22.6 Å². The number of aromatic nitrogens is 1. The average molecular weight is 236 g/mol. The van der Waals surface area contributed by atoms with Gasteiger partial charge in [-0.25, -0.2) is 14.6 Å². The number of carbonyl (C=O) groups is 2. The molecule has 1 aromatic rings. The molecule has 0 radical (unpaired) electrons. The minimum absolute atomic E-state index is 0.0205. The van der Waals surface area contributed by atoms with E-state index in [9.17, 15) is 9.59 Å². The van der Waals surface area contributed by atoms with Gasteiger partial charge in [0.2, 0.25) is 0 Å². The molecular formula is C11H12N2O4. The molecule has 0 bridgehead atoms. The van der Waals surface area contributed by atoms with Gasteiger partial charge in [0.25, 0.3) is 0 Å². The number of aromatic carboxylic acids is 1. The predicted molar refractivity (Wildman–Crippen MR) is 57.6 cm³/mol. The Kier molecular flexibility index (Phi) is 3.22. The van der Waals surface area contributed by atoms with Crippen molar-refractivity contribution in [1.29, 1.82) is 0 Å². The van der Waals surface area contributed by atoms with Gasteiger partial charge in [-0.05, 0) is 18.6 Å². The topological polar surface area (TPSA) is 79.7 Å². The molecule has 0 atom stereocenters. The van der Waals surface area contributed by atoms with Gasteiger partial charge in [0.05, 0.1) is 18.8 Å². The molecule has 1 amide bonds. The first kappa shape index (κ1) is 11.4. The Morgan fingerprint density at radius 3 is 3.06 bits per heavy atom. The van der Waals surface area contributed by atoms with E-state index >= 15 is 0 Å². The van der Waals surface area contributed by atoms with Gasteiger partial charge >= 0.3 is 12.1 Å². The molecule has 1 aliphatic rings. The summed E-state index contributed by atoms with van der Waals surface area (Å²) in [7, 11) is 0. The number of carboxylic acids is 1. The van der Waals surface area contributed by atoms with Crippen molar-refractivity contribution in [1.82, 2.24) is 9.88 Å². The minimum atomic E-state index is -1.08. The smallest absolute Gasteiger partial charge is 0.410 e. The zero-order chi connectivity index (χ0) is 12.3. The summed E-state index contributed by atoms with van der Waals surface area (Å²) < 4.78 is 4.88. The van der Waals surface area contributed by atoms with Crippen LogP contribution >= 0.6 is 0 Å². The van der Waals surface area contributed by atoms with Gasteiger partial charge in [-0.1, -0.05) is 6.07 Å². The van der Waals surface area contributed by atoms with Gasteiger partial charge in [-0.2, -0.15) is 0 Å². The van der Waals surface area contributed by atoms with E-state index in [2.05, 4.69) is 4.98 Å². The molecule has 0 unspecified atom stereocenters. The lowest BCUT2D eigenvalue weighted by molar-refractivity contribution is 0.0686. The number of cyclic esters (lactones) is 1. The molecule has 17 heavy (non-hydrogen) atoms. The van der Waals surface area contributed by atoms with Gasteiger partial charge < -0.3 is 14.7 Å². The van der Waals surface area contributed by atoms with Crippen molar-refractivity contribution in [2.75, 3.05) is 13.2 Å². The van der Waals surface area contributed by atoms with E-state index < -0.39 is 5.97 Å². The van der Waals surface area contributed by atoms with Gasteiger partial charge in [0.15, 0.2) is 0 Å². The lowest BCUT2D eigenvalue weighted by atomic mass is 10.2. The molecule has 2 heterocycles. The number of amides is 1. The highest BCUT2D eigenvalue weighted by Gasteiger charge is 2.20. The van der Waals surface area contributed by atoms with Crippen LogP contribution in [0.2, 0.25) is 0 Å². The fourth-order valence-electron chi connectivity index (χ4n) is 1.62. The van der Waals surface area contributed by atoms with Crippen molar-refractivity contribution in [2.24, 2.45) is 0 Å². The third kappa shape index (κ3) is 2.72. The second-order valence-electron chi connectivity index (χ2n) is 3.71. The Hall–Kier alpha value is -2.11. The van der Waals surface area contributed by atoms with E-state index in [0.717, 1.165) is 6.42 Å². The molecule has 1 fully saturated rings. The predicted octanol–water partition coefficient (Wildman–Crippen LogP) is 1.12. The average Bonchev–Trinajstić information content (AvgIpc) is 2.32. The second-order valence-corrected chi connectivity index (χ2v) is 3.71. The van der Waals surface area contributed by atoms with E-state index in [0.29, 0.717) is 18.8 Å². The summed E-state index contributed by atoms with van der Waals surface area (Å²) in [5.41, 5.74) is 0.525. The van der Waals surface area contributed by atoms with Gasteiger partial charge in [-0.3, -0.25) is 0 Å². The third-order valence-corrected chi connectivity index (χ3v) is 2.43. The van der Waals surface area contributed by atoms with Crippen molar-refractivity contribution in [3.8, 4) is 0 Å². The Labute approximate surface area is 97.8 Å². The highest BCUT2D eigenvalue weighted by Crippen LogP contribution is 2.10. The Balaban J connectivity index is 2.09. The highest BCUT2D eigenvalue weighted by atomic mass is 16.6. The molecule has 0 spiro atoms. The number of nitrogens with zero attached hydrogens (tertiary/aromatic N) is 2. The first-order valence-corrected chi connectivity index (χ1v) is 5.28. The Morgan fingerprint density at radius 2 is 2.35 bits per heavy atom. The molecule has 6 heteroatoms. The lowest BCUT2D eigenvalue weighted by Gasteiger charge is -2.25. The zero-order valence-corrected chi connectivity index (χ0v) is 9.13. The van der Waals surface area contributed by atoms with Crippen molar-refractivity contribution in [3.63, 3.8) is 0 Å². The number of carbonyl (C=O) groups excluding carboxylic acids is 1. The van der Waals surface area contributed by atoms with Crippen LogP contribution in [0.5, 0.6) is 0 Å². The molecule has 6 nitrogen and oxygen atoms in total. The second kappa shape index (κ2) is 4.82. The molecule has 2 rings (SSSR count). The zero-order valence-electron chi connectivity index (χ0n) is 9.13. The molecule has 90 valence electrons. The maximum atomic E-state index is 11.4. The van der Waals surface area contributed by atoms with Crippen LogP contribution in [0.25, 0.3) is 0 Å². The van der Waals surface area contributed by atoms with Crippen molar-refractivity contribution in [2.45, 2.75) is 13.0 Å². The van der Waals surface area contributed by atoms with Crippen molar-refractivity contribution in [3.05, 3.63) is 29.6 Å². The summed E-state index contributed by atoms with van der Waals surface area (Å²) in [6.45, 7) is 1.33. The van der Waals surface area contributed by atoms with Gasteiger partial charge in [0, 0.05) is 6.54 Å². The number of ether oxygens (including phenoxy) is 1. The molecule has 1 saturated heterocycles. The molecular weight excluding hydrogens is 224 g/mol. The molecule has 0 aromatic carbocycles. The highest BCUT2D eigenvalue weighted by molar-refractivity contribution is 5.85. The Morgan fingerprint density at radius 1 is 1.53 bits per heavy atom. The van der Waals surface area contributed by atoms with Crippen LogP contribution in [0.3, 0.4) is 0 Å². The standard InChI is InChI=1S/C11H12N2O4/c14-10(15)9-4-1-3-8(12-9)7-13-5-2-6-17-11(13)16/h1,3-4H,2,5-7H2,(H,14,15). The first-order valence-electron chi connectivity index (χ1n) is 5.28. The quantitative estimate of drug-likeness (QED) is 0.850. The van der Waals surface area contributed by atoms with E-state index in [1.165, 1.54) is 11.0 Å². The van der Waals surface area contributed by atoms with Crippen LogP contribution in [0.4, 0.5) is 4.79 Å². The number of rotatable bonds is 3. The van der Waals surface area contributed by atoms with E-state index in [4.69, 9.17) is 9.84 Å². The van der Waals surface area contributed by atoms with Crippen LogP contribution < -0.4 is 0 Å². The summed E-state index contributed by atoms with van der Waals surface area (Å²) in [5, 5.41) is 8.80. The number of pyridine rings is 1. The summed E-state index contributed by atoms with van der Waals surface area (Å²) in [6.07, 6.45) is 0.406. The van der Waals surface area contributed by atoms with Crippen molar-refractivity contribution >= 4 is 12.1 Å². The first-order chi connectivity index (χ1) is 8.16. The number of hydrogen-bond acceptors (Lipinski definition) is 4. The van der Waals surface area contributed by atoms with Crippen molar-refractivity contribution < 1.29 is 19.4 Å². The molecule has 1 aliphatic heterocycles. The fraction of sp³-hybridized carbons (Fsp3) is 0.364. The summed E-state index contributed by atoms with van der Waals surface area (Å²) in [5.74, 6) is -1.08. The Bertz CT molecular complexity index is 447. The summed E-state index contributed by atoms with van der Waals surface area (Å²) in [6, 6.07) is 4.72. The summed E-state index contributed by atoms with van der Waals surface area (Å²) in [4.78, 5) is 27.6. The van der Waals surface area contributed by atoms with Gasteiger partial charge in [-0.15, -0.1) is 0 Å². The SMILES string of the molecule is O=C(O)c1cccc(CN2CCCOC2=O)n1. The maximum Gasteiger partial charge on any atom is 0.410 e. The largest absolute Gasteiger partial charge is 0.477 e. The number of hydrogen-bond donors (Lipinski definition) is 1.